The molecule has 1 aliphatic rings. The smallest absolute Gasteiger partial charge is 0.252 e. The highest BCUT2D eigenvalue weighted by Crippen LogP contribution is 2.28. The Morgan fingerprint density at radius 3 is 2.62 bits per heavy atom. The third kappa shape index (κ3) is 4.63. The zero-order chi connectivity index (χ0) is 23.3. The van der Waals surface area contributed by atoms with E-state index in [-0.39, 0.29) is 11.9 Å². The van der Waals surface area contributed by atoms with Crippen LogP contribution in [0.5, 0.6) is 5.75 Å². The van der Waals surface area contributed by atoms with E-state index < -0.39 is 0 Å². The van der Waals surface area contributed by atoms with Gasteiger partial charge in [-0.1, -0.05) is 36.4 Å². The molecule has 6 heteroatoms. The van der Waals surface area contributed by atoms with Crippen molar-refractivity contribution in [3.8, 4) is 17.1 Å². The maximum atomic E-state index is 13.5. The molecule has 0 saturated carbocycles. The third-order valence-electron chi connectivity index (χ3n) is 6.40. The van der Waals surface area contributed by atoms with Gasteiger partial charge in [-0.3, -0.25) is 14.7 Å². The van der Waals surface area contributed by atoms with Crippen molar-refractivity contribution in [1.82, 2.24) is 20.2 Å². The minimum absolute atomic E-state index is 0.0879. The largest absolute Gasteiger partial charge is 0.497 e. The summed E-state index contributed by atoms with van der Waals surface area (Å²) in [5.74, 6) is 0.719. The molecule has 1 aliphatic heterocycles. The van der Waals surface area contributed by atoms with Crippen LogP contribution in [0.3, 0.4) is 0 Å². The molecule has 4 aromatic rings. The number of methoxy groups -OCH3 is 1. The predicted molar refractivity (Wildman–Crippen MR) is 134 cm³/mol. The van der Waals surface area contributed by atoms with Crippen LogP contribution in [-0.4, -0.2) is 47.5 Å². The van der Waals surface area contributed by atoms with Crippen LogP contribution in [0.25, 0.3) is 22.3 Å². The van der Waals surface area contributed by atoms with Gasteiger partial charge in [-0.25, -0.2) is 4.98 Å². The average Bonchev–Trinajstić information content (AvgIpc) is 3.43. The van der Waals surface area contributed by atoms with Gasteiger partial charge in [-0.05, 0) is 67.9 Å². The van der Waals surface area contributed by atoms with Gasteiger partial charge in [0, 0.05) is 18.1 Å². The van der Waals surface area contributed by atoms with Crippen LogP contribution in [0.15, 0.2) is 79.0 Å². The fourth-order valence-corrected chi connectivity index (χ4v) is 4.65. The zero-order valence-electron chi connectivity index (χ0n) is 19.3. The number of nitrogens with zero attached hydrogens (tertiary/aromatic N) is 3. The van der Waals surface area contributed by atoms with E-state index in [1.807, 2.05) is 60.7 Å². The molecule has 0 radical (unpaired) electrons. The molecule has 1 saturated heterocycles. The first-order chi connectivity index (χ1) is 16.7. The molecule has 1 N–H and O–H groups in total. The monoisotopic (exact) mass is 452 g/mol. The van der Waals surface area contributed by atoms with E-state index in [0.717, 1.165) is 41.0 Å². The fraction of sp³-hybridized carbons (Fsp3) is 0.250. The van der Waals surface area contributed by atoms with Gasteiger partial charge in [-0.15, -0.1) is 0 Å². The number of aromatic nitrogens is 2. The molecule has 0 aliphatic carbocycles. The summed E-state index contributed by atoms with van der Waals surface area (Å²) in [7, 11) is 1.68. The number of carbonyl (C=O) groups is 1. The van der Waals surface area contributed by atoms with Crippen LogP contribution < -0.4 is 10.1 Å². The number of amides is 1. The number of rotatable bonds is 7. The van der Waals surface area contributed by atoms with Gasteiger partial charge in [0.2, 0.25) is 0 Å². The van der Waals surface area contributed by atoms with Gasteiger partial charge in [-0.2, -0.15) is 0 Å². The summed E-state index contributed by atoms with van der Waals surface area (Å²) in [5, 5.41) is 4.05. The highest BCUT2D eigenvalue weighted by atomic mass is 16.5. The molecule has 1 fully saturated rings. The Labute approximate surface area is 199 Å². The summed E-state index contributed by atoms with van der Waals surface area (Å²) >= 11 is 0. The van der Waals surface area contributed by atoms with E-state index in [1.165, 1.54) is 12.8 Å². The van der Waals surface area contributed by atoms with Crippen molar-refractivity contribution in [2.24, 2.45) is 0 Å². The molecule has 6 nitrogen and oxygen atoms in total. The first kappa shape index (κ1) is 22.0. The number of hydrogen-bond donors (Lipinski definition) is 1. The normalized spacial score (nSPS) is 14.7. The number of carbonyl (C=O) groups excluding carboxylic acids is 1. The Bertz CT molecular complexity index is 1290. The summed E-state index contributed by atoms with van der Waals surface area (Å²) in [6.45, 7) is 2.57. The van der Waals surface area contributed by atoms with Gasteiger partial charge < -0.3 is 10.1 Å². The van der Waals surface area contributed by atoms with Crippen molar-refractivity contribution in [2.75, 3.05) is 26.7 Å². The summed E-state index contributed by atoms with van der Waals surface area (Å²) in [6.07, 6.45) is 4.09. The van der Waals surface area contributed by atoms with E-state index in [9.17, 15) is 4.79 Å². The summed E-state index contributed by atoms with van der Waals surface area (Å²) < 4.78 is 5.45. The highest BCUT2D eigenvalue weighted by molar-refractivity contribution is 6.07. The van der Waals surface area contributed by atoms with Gasteiger partial charge in [0.25, 0.3) is 5.91 Å². The fourth-order valence-electron chi connectivity index (χ4n) is 4.65. The minimum Gasteiger partial charge on any atom is -0.497 e. The zero-order valence-corrected chi connectivity index (χ0v) is 19.3. The van der Waals surface area contributed by atoms with Crippen molar-refractivity contribution in [2.45, 2.75) is 18.9 Å². The number of pyridine rings is 2. The number of ether oxygens (including phenoxy) is 1. The van der Waals surface area contributed by atoms with E-state index in [4.69, 9.17) is 9.72 Å². The molecule has 2 aromatic carbocycles. The Morgan fingerprint density at radius 2 is 1.82 bits per heavy atom. The minimum atomic E-state index is -0.108. The first-order valence-electron chi connectivity index (χ1n) is 11.7. The van der Waals surface area contributed by atoms with E-state index in [2.05, 4.69) is 27.3 Å². The lowest BCUT2D eigenvalue weighted by molar-refractivity contribution is 0.0939. The molecule has 34 heavy (non-hydrogen) atoms. The van der Waals surface area contributed by atoms with Gasteiger partial charge in [0.15, 0.2) is 0 Å². The molecule has 3 heterocycles. The second kappa shape index (κ2) is 10.0. The number of hydrogen-bond acceptors (Lipinski definition) is 5. The maximum Gasteiger partial charge on any atom is 0.252 e. The first-order valence-corrected chi connectivity index (χ1v) is 11.7. The Morgan fingerprint density at radius 1 is 1.00 bits per heavy atom. The average molecular weight is 453 g/mol. The second-order valence-electron chi connectivity index (χ2n) is 8.53. The quantitative estimate of drug-likeness (QED) is 0.433. The Kier molecular flexibility index (Phi) is 6.49. The van der Waals surface area contributed by atoms with E-state index >= 15 is 0 Å². The number of likely N-dealkylation sites (tertiary alicyclic amines) is 1. The molecular formula is C28H28N4O2. The van der Waals surface area contributed by atoms with E-state index in [0.29, 0.717) is 17.8 Å². The molecule has 1 amide bonds. The van der Waals surface area contributed by atoms with Crippen molar-refractivity contribution in [1.29, 1.82) is 0 Å². The summed E-state index contributed by atoms with van der Waals surface area (Å²) in [6, 6.07) is 23.5. The lowest BCUT2D eigenvalue weighted by Gasteiger charge is -2.28. The van der Waals surface area contributed by atoms with Crippen LogP contribution in [0.2, 0.25) is 0 Å². The topological polar surface area (TPSA) is 67.3 Å². The molecular weight excluding hydrogens is 424 g/mol. The molecule has 5 rings (SSSR count). The van der Waals surface area contributed by atoms with Gasteiger partial charge in [0.1, 0.15) is 5.75 Å². The predicted octanol–water partition coefficient (Wildman–Crippen LogP) is 4.87. The van der Waals surface area contributed by atoms with Crippen LogP contribution in [-0.2, 0) is 0 Å². The second-order valence-corrected chi connectivity index (χ2v) is 8.53. The van der Waals surface area contributed by atoms with Crippen molar-refractivity contribution >= 4 is 16.8 Å². The number of para-hydroxylation sites is 1. The Balaban J connectivity index is 1.45. The lowest BCUT2D eigenvalue weighted by atomic mass is 10.0. The molecule has 2 aromatic heterocycles. The number of nitrogens with one attached hydrogen (secondary N) is 1. The molecule has 172 valence electrons. The van der Waals surface area contributed by atoms with Crippen molar-refractivity contribution in [3.05, 3.63) is 90.1 Å². The van der Waals surface area contributed by atoms with E-state index in [1.54, 1.807) is 13.3 Å². The summed E-state index contributed by atoms with van der Waals surface area (Å²) in [5.41, 5.74) is 3.97. The summed E-state index contributed by atoms with van der Waals surface area (Å²) in [4.78, 5) is 25.1. The van der Waals surface area contributed by atoms with Crippen LogP contribution in [0, 0.1) is 0 Å². The molecule has 0 bridgehead atoms. The number of fused-ring (bicyclic) bond motifs is 1. The third-order valence-corrected chi connectivity index (χ3v) is 6.40. The highest BCUT2D eigenvalue weighted by Gasteiger charge is 2.25. The van der Waals surface area contributed by atoms with Crippen molar-refractivity contribution < 1.29 is 9.53 Å². The van der Waals surface area contributed by atoms with Crippen LogP contribution in [0.4, 0.5) is 0 Å². The Hall–Kier alpha value is -3.77. The standard InChI is InChI=1S/C28H28N4O2/c1-34-21-10-8-9-20(17-21)27(32-15-6-7-16-32)19-30-28(33)23-18-26(25-13-4-5-14-29-25)31-24-12-3-2-11-22(23)24/h2-5,8-14,17-18,27H,6-7,15-16,19H2,1H3,(H,30,33)/t27-/m1/s1. The number of benzene rings is 2. The molecule has 1 atom stereocenters. The maximum absolute atomic E-state index is 13.5. The lowest BCUT2D eigenvalue weighted by Crippen LogP contribution is -2.37. The van der Waals surface area contributed by atoms with Crippen molar-refractivity contribution in [3.63, 3.8) is 0 Å². The SMILES string of the molecule is COc1cccc([C@@H](CNC(=O)c2cc(-c3ccccn3)nc3ccccc23)N2CCCC2)c1. The molecule has 0 unspecified atom stereocenters. The van der Waals surface area contributed by atoms with Gasteiger partial charge >= 0.3 is 0 Å². The molecule has 0 spiro atoms. The van der Waals surface area contributed by atoms with Crippen LogP contribution in [0.1, 0.15) is 34.8 Å². The van der Waals surface area contributed by atoms with Gasteiger partial charge in [0.05, 0.1) is 35.6 Å². The van der Waals surface area contributed by atoms with Crippen LogP contribution >= 0.6 is 0 Å².